The summed E-state index contributed by atoms with van der Waals surface area (Å²) in [6.45, 7) is 16.2. The zero-order chi connectivity index (χ0) is 22.8. The van der Waals surface area contributed by atoms with Gasteiger partial charge in [-0.3, -0.25) is 4.98 Å². The van der Waals surface area contributed by atoms with Gasteiger partial charge in [0.25, 0.3) is 0 Å². The first-order valence-electron chi connectivity index (χ1n) is 11.4. The lowest BCUT2D eigenvalue weighted by Gasteiger charge is -2.24. The fourth-order valence-corrected chi connectivity index (χ4v) is 5.41. The molecular formula is C24H32N6OS. The molecule has 5 heterocycles. The second-order valence-electron chi connectivity index (χ2n) is 8.20. The molecule has 7 nitrogen and oxygen atoms in total. The summed E-state index contributed by atoms with van der Waals surface area (Å²) in [5, 5.41) is 7.60. The van der Waals surface area contributed by atoms with Crippen molar-refractivity contribution in [3.8, 4) is 22.0 Å². The number of nitrogens with one attached hydrogen (secondary N) is 2. The Morgan fingerprint density at radius 1 is 1.03 bits per heavy atom. The Balaban J connectivity index is 0.00000119. The molecule has 5 rings (SSSR count). The molecule has 0 saturated carbocycles. The maximum absolute atomic E-state index is 5.55. The fourth-order valence-electron chi connectivity index (χ4n) is 4.17. The van der Waals surface area contributed by atoms with Crippen LogP contribution in [-0.4, -0.2) is 46.3 Å². The minimum Gasteiger partial charge on any atom is -0.354 e. The Hall–Kier alpha value is -2.71. The van der Waals surface area contributed by atoms with E-state index in [4.69, 9.17) is 4.52 Å². The van der Waals surface area contributed by atoms with E-state index in [1.807, 2.05) is 27.7 Å². The standard InChI is InChI=1S/C22H26N6OS.C2H6/c1-12(2)18-19(15-9-13(3)24-14(4)10-15)25-16-11-17(30-20(16)18)21-26-22(29-27-21)28-7-5-23-6-8-28;1-2/h9-12,23,25H,5-8H2,1-4H3;1-2H3. The van der Waals surface area contributed by atoms with Gasteiger partial charge in [-0.05, 0) is 43.5 Å². The van der Waals surface area contributed by atoms with Crippen LogP contribution in [0.3, 0.4) is 0 Å². The van der Waals surface area contributed by atoms with Crippen LogP contribution >= 0.6 is 11.3 Å². The summed E-state index contributed by atoms with van der Waals surface area (Å²) in [6.07, 6.45) is 0. The Morgan fingerprint density at radius 3 is 2.38 bits per heavy atom. The summed E-state index contributed by atoms with van der Waals surface area (Å²) in [6, 6.07) is 7.04. The van der Waals surface area contributed by atoms with Crippen molar-refractivity contribution in [2.24, 2.45) is 0 Å². The smallest absolute Gasteiger partial charge is 0.324 e. The summed E-state index contributed by atoms with van der Waals surface area (Å²) in [4.78, 5) is 16.0. The molecule has 0 unspecified atom stereocenters. The Labute approximate surface area is 193 Å². The number of piperazine rings is 1. The number of hydrogen-bond acceptors (Lipinski definition) is 7. The summed E-state index contributed by atoms with van der Waals surface area (Å²) in [5.74, 6) is 1.04. The van der Waals surface area contributed by atoms with Gasteiger partial charge in [-0.15, -0.1) is 11.3 Å². The highest BCUT2D eigenvalue weighted by Gasteiger charge is 2.22. The lowest BCUT2D eigenvalue weighted by atomic mass is 9.99. The first kappa shape index (κ1) is 22.5. The first-order chi connectivity index (χ1) is 15.5. The highest BCUT2D eigenvalue weighted by atomic mass is 32.1. The van der Waals surface area contributed by atoms with Gasteiger partial charge in [0.15, 0.2) is 0 Å². The van der Waals surface area contributed by atoms with Crippen LogP contribution in [0.25, 0.3) is 32.2 Å². The molecule has 32 heavy (non-hydrogen) atoms. The SMILES string of the molecule is CC.Cc1cc(-c2[nH]c3cc(-c4noc(N5CCNCC5)n4)sc3c2C(C)C)cc(C)n1. The Bertz CT molecular complexity index is 1180. The highest BCUT2D eigenvalue weighted by molar-refractivity contribution is 7.22. The monoisotopic (exact) mass is 452 g/mol. The first-order valence-corrected chi connectivity index (χ1v) is 12.2. The van der Waals surface area contributed by atoms with Crippen molar-refractivity contribution in [2.75, 3.05) is 31.1 Å². The molecule has 0 atom stereocenters. The molecule has 170 valence electrons. The number of aromatic amines is 1. The molecule has 0 aliphatic carbocycles. The largest absolute Gasteiger partial charge is 0.354 e. The molecule has 0 aromatic carbocycles. The topological polar surface area (TPSA) is 82.9 Å². The normalized spacial score (nSPS) is 14.2. The van der Waals surface area contributed by atoms with Gasteiger partial charge in [0.05, 0.1) is 20.8 Å². The number of aromatic nitrogens is 4. The molecule has 1 fully saturated rings. The van der Waals surface area contributed by atoms with E-state index >= 15 is 0 Å². The van der Waals surface area contributed by atoms with Gasteiger partial charge in [-0.2, -0.15) is 4.98 Å². The number of rotatable bonds is 4. The van der Waals surface area contributed by atoms with Crippen molar-refractivity contribution in [3.05, 3.63) is 35.2 Å². The number of hydrogen-bond donors (Lipinski definition) is 2. The van der Waals surface area contributed by atoms with Crippen molar-refractivity contribution >= 4 is 27.6 Å². The average Bonchev–Trinajstić information content (AvgIpc) is 3.49. The van der Waals surface area contributed by atoms with Crippen molar-refractivity contribution in [1.29, 1.82) is 0 Å². The maximum Gasteiger partial charge on any atom is 0.324 e. The van der Waals surface area contributed by atoms with Crippen LogP contribution < -0.4 is 10.2 Å². The summed E-state index contributed by atoms with van der Waals surface area (Å²) in [5.41, 5.74) is 6.89. The highest BCUT2D eigenvalue weighted by Crippen LogP contribution is 2.42. The van der Waals surface area contributed by atoms with Crippen molar-refractivity contribution in [3.63, 3.8) is 0 Å². The van der Waals surface area contributed by atoms with Crippen molar-refractivity contribution in [2.45, 2.75) is 47.5 Å². The van der Waals surface area contributed by atoms with E-state index in [9.17, 15) is 0 Å². The fraction of sp³-hybridized carbons (Fsp3) is 0.458. The van der Waals surface area contributed by atoms with E-state index in [-0.39, 0.29) is 0 Å². The lowest BCUT2D eigenvalue weighted by molar-refractivity contribution is 0.405. The molecule has 8 heteroatoms. The predicted octanol–water partition coefficient (Wildman–Crippen LogP) is 5.52. The van der Waals surface area contributed by atoms with E-state index in [2.05, 4.69) is 62.4 Å². The molecule has 1 saturated heterocycles. The van der Waals surface area contributed by atoms with Crippen LogP contribution in [0.15, 0.2) is 22.7 Å². The van der Waals surface area contributed by atoms with Crippen molar-refractivity contribution < 1.29 is 4.52 Å². The Morgan fingerprint density at radius 2 is 1.72 bits per heavy atom. The number of nitrogens with zero attached hydrogens (tertiary/aromatic N) is 4. The van der Waals surface area contributed by atoms with Crippen LogP contribution in [-0.2, 0) is 0 Å². The number of fused-ring (bicyclic) bond motifs is 1. The third kappa shape index (κ3) is 4.29. The molecule has 1 aliphatic rings. The van der Waals surface area contributed by atoms with Gasteiger partial charge in [0.2, 0.25) is 5.82 Å². The van der Waals surface area contributed by atoms with E-state index in [1.165, 1.54) is 21.5 Å². The van der Waals surface area contributed by atoms with Gasteiger partial charge in [-0.1, -0.05) is 32.9 Å². The van der Waals surface area contributed by atoms with Crippen LogP contribution in [0.1, 0.15) is 50.6 Å². The number of H-pyrrole nitrogens is 1. The summed E-state index contributed by atoms with van der Waals surface area (Å²) >= 11 is 1.73. The molecule has 0 radical (unpaired) electrons. The number of anilines is 1. The van der Waals surface area contributed by atoms with E-state index < -0.39 is 0 Å². The van der Waals surface area contributed by atoms with Gasteiger partial charge < -0.3 is 19.7 Å². The number of pyridine rings is 1. The molecule has 0 amide bonds. The average molecular weight is 453 g/mol. The van der Waals surface area contributed by atoms with E-state index in [1.54, 1.807) is 11.3 Å². The number of thiophene rings is 1. The molecule has 0 spiro atoms. The molecule has 4 aromatic rings. The molecular weight excluding hydrogens is 420 g/mol. The second kappa shape index (κ2) is 9.42. The maximum atomic E-state index is 5.55. The Kier molecular flexibility index (Phi) is 6.62. The summed E-state index contributed by atoms with van der Waals surface area (Å²) < 4.78 is 6.81. The van der Waals surface area contributed by atoms with Crippen LogP contribution in [0.5, 0.6) is 0 Å². The van der Waals surface area contributed by atoms with Crippen LogP contribution in [0.2, 0.25) is 0 Å². The predicted molar refractivity (Wildman–Crippen MR) is 133 cm³/mol. The molecule has 4 aromatic heterocycles. The van der Waals surface area contributed by atoms with Gasteiger partial charge in [-0.25, -0.2) is 0 Å². The molecule has 1 aliphatic heterocycles. The van der Waals surface area contributed by atoms with Crippen LogP contribution in [0.4, 0.5) is 6.01 Å². The summed E-state index contributed by atoms with van der Waals surface area (Å²) in [7, 11) is 0. The van der Waals surface area contributed by atoms with Crippen molar-refractivity contribution in [1.82, 2.24) is 25.4 Å². The van der Waals surface area contributed by atoms with Gasteiger partial charge >= 0.3 is 6.01 Å². The third-order valence-corrected chi connectivity index (χ3v) is 6.64. The lowest BCUT2D eigenvalue weighted by Crippen LogP contribution is -2.43. The quantitative estimate of drug-likeness (QED) is 0.424. The van der Waals surface area contributed by atoms with E-state index in [0.717, 1.165) is 48.0 Å². The second-order valence-corrected chi connectivity index (χ2v) is 9.25. The zero-order valence-corrected chi connectivity index (χ0v) is 20.6. The zero-order valence-electron chi connectivity index (χ0n) is 19.7. The number of aryl methyl sites for hydroxylation is 2. The molecule has 2 N–H and O–H groups in total. The van der Waals surface area contributed by atoms with Crippen LogP contribution in [0, 0.1) is 13.8 Å². The van der Waals surface area contributed by atoms with Gasteiger partial charge in [0.1, 0.15) is 0 Å². The minimum atomic E-state index is 0.385. The van der Waals surface area contributed by atoms with E-state index in [0.29, 0.717) is 17.8 Å². The molecule has 0 bridgehead atoms. The minimum absolute atomic E-state index is 0.385. The van der Waals surface area contributed by atoms with Gasteiger partial charge in [0, 0.05) is 43.1 Å². The third-order valence-electron chi connectivity index (χ3n) is 5.48.